The maximum Gasteiger partial charge on any atom is 0.233 e. The van der Waals surface area contributed by atoms with Crippen LogP contribution in [0.1, 0.15) is 20.3 Å². The Hall–Kier alpha value is -3.37. The summed E-state index contributed by atoms with van der Waals surface area (Å²) in [5, 5.41) is 8.86. The molecule has 9 nitrogen and oxygen atoms in total. The molecule has 1 aliphatic heterocycles. The lowest BCUT2D eigenvalue weighted by atomic mass is 10.1. The van der Waals surface area contributed by atoms with Gasteiger partial charge in [0, 0.05) is 37.3 Å². The van der Waals surface area contributed by atoms with Crippen molar-refractivity contribution in [2.24, 2.45) is 0 Å². The third kappa shape index (κ3) is 4.70. The fourth-order valence-electron chi connectivity index (χ4n) is 4.68. The van der Waals surface area contributed by atoms with E-state index in [2.05, 4.69) is 50.8 Å². The number of ether oxygens (including phenoxy) is 1. The Morgan fingerprint density at radius 2 is 1.86 bits per heavy atom. The second kappa shape index (κ2) is 9.94. The first-order valence-electron chi connectivity index (χ1n) is 12.4. The fraction of sp³-hybridized carbons (Fsp3) is 0.462. The van der Waals surface area contributed by atoms with Crippen molar-refractivity contribution in [3.63, 3.8) is 0 Å². The smallest absolute Gasteiger partial charge is 0.233 e. The molecule has 1 saturated heterocycles. The molecule has 0 unspecified atom stereocenters. The number of fused-ring (bicyclic) bond motifs is 3. The van der Waals surface area contributed by atoms with Crippen LogP contribution in [-0.4, -0.2) is 93.8 Å². The van der Waals surface area contributed by atoms with Crippen LogP contribution >= 0.6 is 0 Å². The minimum absolute atomic E-state index is 0.252. The van der Waals surface area contributed by atoms with Crippen LogP contribution in [-0.2, 0) is 0 Å². The summed E-state index contributed by atoms with van der Waals surface area (Å²) < 4.78 is 22.4. The molecule has 5 rings (SSSR count). The third-order valence-electron chi connectivity index (χ3n) is 6.93. The van der Waals surface area contributed by atoms with E-state index in [9.17, 15) is 4.39 Å². The van der Waals surface area contributed by atoms with E-state index in [1.54, 1.807) is 12.3 Å². The lowest BCUT2D eigenvalue weighted by Crippen LogP contribution is -2.55. The molecular weight excluding hydrogens is 459 g/mol. The Labute approximate surface area is 210 Å². The molecule has 1 aromatic carbocycles. The molecule has 1 aliphatic rings. The van der Waals surface area contributed by atoms with E-state index >= 15 is 0 Å². The Kier molecular flexibility index (Phi) is 6.72. The van der Waals surface area contributed by atoms with Gasteiger partial charge in [0.2, 0.25) is 5.95 Å². The standard InChI is InChI=1S/C26H33FN8O/c1-17-15-34(16-18(2)33(17)5)26-31-30-24-14-28-22-9-8-21(29-25(22)35(24)26)19-7-10-23(20(27)13-19)36-12-6-11-32(3)4/h7-10,13-14,17-18H,6,11-12,15-16H2,1-5H3/t17-,18+. The highest BCUT2D eigenvalue weighted by atomic mass is 19.1. The van der Waals surface area contributed by atoms with Gasteiger partial charge in [0.05, 0.1) is 18.5 Å². The normalized spacial score (nSPS) is 19.0. The number of aromatic nitrogens is 5. The minimum Gasteiger partial charge on any atom is -0.490 e. The number of likely N-dealkylation sites (N-methyl/N-ethyl adjacent to an activating group) is 1. The van der Waals surface area contributed by atoms with Crippen molar-refractivity contribution in [1.82, 2.24) is 34.4 Å². The zero-order chi connectivity index (χ0) is 25.4. The molecule has 0 N–H and O–H groups in total. The number of anilines is 1. The van der Waals surface area contributed by atoms with Crippen molar-refractivity contribution in [2.45, 2.75) is 32.4 Å². The molecular formula is C26H33FN8O. The summed E-state index contributed by atoms with van der Waals surface area (Å²) in [5.74, 6) is 0.601. The first kappa shape index (κ1) is 24.3. The number of rotatable bonds is 7. The van der Waals surface area contributed by atoms with E-state index in [1.807, 2.05) is 36.7 Å². The summed E-state index contributed by atoms with van der Waals surface area (Å²) in [6.45, 7) is 7.46. The molecule has 36 heavy (non-hydrogen) atoms. The third-order valence-corrected chi connectivity index (χ3v) is 6.93. The predicted molar refractivity (Wildman–Crippen MR) is 139 cm³/mol. The van der Waals surface area contributed by atoms with E-state index < -0.39 is 5.82 Å². The Morgan fingerprint density at radius 3 is 2.58 bits per heavy atom. The van der Waals surface area contributed by atoms with E-state index in [0.717, 1.165) is 37.5 Å². The van der Waals surface area contributed by atoms with Gasteiger partial charge >= 0.3 is 0 Å². The van der Waals surface area contributed by atoms with Crippen LogP contribution in [0.3, 0.4) is 0 Å². The number of nitrogens with zero attached hydrogens (tertiary/aromatic N) is 8. The molecule has 1 fully saturated rings. The molecule has 4 aromatic rings. The highest BCUT2D eigenvalue weighted by Gasteiger charge is 2.29. The highest BCUT2D eigenvalue weighted by molar-refractivity contribution is 5.78. The topological polar surface area (TPSA) is 74.9 Å². The fourth-order valence-corrected chi connectivity index (χ4v) is 4.68. The Bertz CT molecular complexity index is 1360. The van der Waals surface area contributed by atoms with Crippen LogP contribution in [0.15, 0.2) is 36.5 Å². The van der Waals surface area contributed by atoms with Gasteiger partial charge in [-0.05, 0) is 71.7 Å². The quantitative estimate of drug-likeness (QED) is 0.364. The van der Waals surface area contributed by atoms with Crippen molar-refractivity contribution in [1.29, 1.82) is 0 Å². The Balaban J connectivity index is 1.47. The van der Waals surface area contributed by atoms with Crippen molar-refractivity contribution < 1.29 is 9.13 Å². The Morgan fingerprint density at radius 1 is 1.08 bits per heavy atom. The van der Waals surface area contributed by atoms with E-state index in [1.165, 1.54) is 6.07 Å². The zero-order valence-electron chi connectivity index (χ0n) is 21.5. The summed E-state index contributed by atoms with van der Waals surface area (Å²) in [6.07, 6.45) is 2.54. The number of piperazine rings is 1. The largest absolute Gasteiger partial charge is 0.490 e. The summed E-state index contributed by atoms with van der Waals surface area (Å²) >= 11 is 0. The molecule has 0 radical (unpaired) electrons. The second-order valence-electron chi connectivity index (χ2n) is 9.91. The molecule has 4 heterocycles. The van der Waals surface area contributed by atoms with E-state index in [-0.39, 0.29) is 5.75 Å². The molecule has 190 valence electrons. The molecule has 0 aliphatic carbocycles. The number of halogens is 1. The summed E-state index contributed by atoms with van der Waals surface area (Å²) in [5.41, 5.74) is 3.32. The molecule has 0 saturated carbocycles. The number of benzene rings is 1. The first-order chi connectivity index (χ1) is 17.3. The van der Waals surface area contributed by atoms with Gasteiger partial charge in [-0.3, -0.25) is 4.90 Å². The van der Waals surface area contributed by atoms with Gasteiger partial charge in [-0.25, -0.2) is 18.8 Å². The van der Waals surface area contributed by atoms with Crippen molar-refractivity contribution in [3.05, 3.63) is 42.3 Å². The minimum atomic E-state index is -0.402. The first-order valence-corrected chi connectivity index (χ1v) is 12.4. The van der Waals surface area contributed by atoms with Crippen LogP contribution in [0.5, 0.6) is 5.75 Å². The van der Waals surface area contributed by atoms with Gasteiger partial charge < -0.3 is 14.5 Å². The van der Waals surface area contributed by atoms with Gasteiger partial charge in [0.1, 0.15) is 5.52 Å². The maximum absolute atomic E-state index is 14.8. The van der Waals surface area contributed by atoms with Crippen LogP contribution in [0.25, 0.3) is 28.1 Å². The maximum atomic E-state index is 14.8. The van der Waals surface area contributed by atoms with Gasteiger partial charge in [-0.15, -0.1) is 10.2 Å². The molecule has 10 heteroatoms. The van der Waals surface area contributed by atoms with Gasteiger partial charge in [0.15, 0.2) is 22.9 Å². The van der Waals surface area contributed by atoms with Crippen molar-refractivity contribution >= 4 is 22.8 Å². The number of hydrogen-bond acceptors (Lipinski definition) is 8. The molecule has 3 aromatic heterocycles. The molecule has 0 amide bonds. The number of hydrogen-bond donors (Lipinski definition) is 0. The predicted octanol–water partition coefficient (Wildman–Crippen LogP) is 3.34. The van der Waals surface area contributed by atoms with Crippen LogP contribution in [0.2, 0.25) is 0 Å². The highest BCUT2D eigenvalue weighted by Crippen LogP contribution is 2.28. The van der Waals surface area contributed by atoms with Crippen LogP contribution in [0, 0.1) is 5.82 Å². The lowest BCUT2D eigenvalue weighted by molar-refractivity contribution is 0.169. The lowest BCUT2D eigenvalue weighted by Gasteiger charge is -2.42. The summed E-state index contributed by atoms with van der Waals surface area (Å²) in [7, 11) is 6.16. The summed E-state index contributed by atoms with van der Waals surface area (Å²) in [6, 6.07) is 9.50. The average Bonchev–Trinajstić information content (AvgIpc) is 3.30. The SMILES string of the molecule is C[C@@H]1CN(c2nnc3cnc4ccc(-c5ccc(OCCCN(C)C)c(F)c5)nc4n23)C[C@H](C)N1C. The molecule has 0 spiro atoms. The monoisotopic (exact) mass is 492 g/mol. The van der Waals surface area contributed by atoms with Gasteiger partial charge in [-0.1, -0.05) is 0 Å². The molecule has 2 atom stereocenters. The van der Waals surface area contributed by atoms with Gasteiger partial charge in [-0.2, -0.15) is 0 Å². The van der Waals surface area contributed by atoms with Crippen LogP contribution < -0.4 is 9.64 Å². The van der Waals surface area contributed by atoms with Gasteiger partial charge in [0.25, 0.3) is 0 Å². The van der Waals surface area contributed by atoms with E-state index in [4.69, 9.17) is 9.72 Å². The van der Waals surface area contributed by atoms with Crippen LogP contribution in [0.4, 0.5) is 10.3 Å². The second-order valence-corrected chi connectivity index (χ2v) is 9.91. The number of pyridine rings is 1. The molecule has 0 bridgehead atoms. The van der Waals surface area contributed by atoms with E-state index in [0.29, 0.717) is 41.2 Å². The van der Waals surface area contributed by atoms with Crippen molar-refractivity contribution in [3.8, 4) is 17.0 Å². The average molecular weight is 493 g/mol. The summed E-state index contributed by atoms with van der Waals surface area (Å²) in [4.78, 5) is 16.1. The van der Waals surface area contributed by atoms with Crippen molar-refractivity contribution in [2.75, 3.05) is 52.3 Å². The zero-order valence-corrected chi connectivity index (χ0v) is 21.5.